The molecule has 3 aliphatic rings. The average molecular weight is 448 g/mol. The van der Waals surface area contributed by atoms with E-state index in [0.29, 0.717) is 25.1 Å². The zero-order valence-corrected chi connectivity index (χ0v) is 18.1. The van der Waals surface area contributed by atoms with Crippen LogP contribution < -0.4 is 10.6 Å². The van der Waals surface area contributed by atoms with Crippen molar-refractivity contribution in [1.29, 1.82) is 0 Å². The molecule has 1 aromatic carbocycles. The summed E-state index contributed by atoms with van der Waals surface area (Å²) in [5.74, 6) is 0.0158. The fraction of sp³-hybridized carbons (Fsp3) is 0.348. The summed E-state index contributed by atoms with van der Waals surface area (Å²) in [6, 6.07) is 5.26. The lowest BCUT2D eigenvalue weighted by Gasteiger charge is -2.29. The highest BCUT2D eigenvalue weighted by atomic mass is 32.1. The summed E-state index contributed by atoms with van der Waals surface area (Å²) >= 11 is 1.76. The summed E-state index contributed by atoms with van der Waals surface area (Å²) in [5, 5.41) is 6.91. The third-order valence-electron chi connectivity index (χ3n) is 6.55. The minimum absolute atomic E-state index is 0.156. The Hall–Kier alpha value is -3.33. The lowest BCUT2D eigenvalue weighted by Crippen LogP contribution is -2.52. The highest BCUT2D eigenvalue weighted by Crippen LogP contribution is 2.39. The molecule has 0 spiro atoms. The minimum atomic E-state index is -0.593. The number of benzene rings is 1. The van der Waals surface area contributed by atoms with Gasteiger partial charge >= 0.3 is 0 Å². The molecular weight excluding hydrogens is 426 g/mol. The van der Waals surface area contributed by atoms with E-state index in [2.05, 4.69) is 20.6 Å². The maximum Gasteiger partial charge on any atom is 0.255 e. The maximum absolute atomic E-state index is 13.0. The molecule has 3 amide bonds. The SMILES string of the molecule is O=C1CCC(N2Cc3ccc(CNc4ncnc5sc6c(c45)CCC6)cc3C2=O)C(=O)N1. The molecule has 0 saturated carbocycles. The van der Waals surface area contributed by atoms with Crippen LogP contribution in [0.25, 0.3) is 10.2 Å². The number of imide groups is 1. The van der Waals surface area contributed by atoms with Gasteiger partial charge in [-0.3, -0.25) is 19.7 Å². The molecule has 32 heavy (non-hydrogen) atoms. The average Bonchev–Trinajstić information content (AvgIpc) is 3.46. The molecule has 2 aromatic heterocycles. The first-order chi connectivity index (χ1) is 15.6. The molecule has 162 valence electrons. The second kappa shape index (κ2) is 7.37. The van der Waals surface area contributed by atoms with E-state index in [-0.39, 0.29) is 24.1 Å². The van der Waals surface area contributed by atoms with Crippen LogP contribution in [0.2, 0.25) is 0 Å². The fourth-order valence-corrected chi connectivity index (χ4v) is 6.19. The number of nitrogens with zero attached hydrogens (tertiary/aromatic N) is 3. The Morgan fingerprint density at radius 1 is 1.16 bits per heavy atom. The van der Waals surface area contributed by atoms with Crippen molar-refractivity contribution in [3.63, 3.8) is 0 Å². The van der Waals surface area contributed by atoms with Gasteiger partial charge in [-0.1, -0.05) is 12.1 Å². The number of carbonyl (C=O) groups is 3. The normalized spacial score (nSPS) is 19.9. The molecule has 0 radical (unpaired) electrons. The van der Waals surface area contributed by atoms with Crippen LogP contribution in [0, 0.1) is 0 Å². The summed E-state index contributed by atoms with van der Waals surface area (Å²) in [7, 11) is 0. The number of amides is 3. The third kappa shape index (κ3) is 3.07. The zero-order chi connectivity index (χ0) is 21.8. The van der Waals surface area contributed by atoms with E-state index in [1.807, 2.05) is 18.2 Å². The molecule has 2 N–H and O–H groups in total. The number of aromatic nitrogens is 2. The van der Waals surface area contributed by atoms with Crippen molar-refractivity contribution in [1.82, 2.24) is 20.2 Å². The van der Waals surface area contributed by atoms with E-state index >= 15 is 0 Å². The first-order valence-corrected chi connectivity index (χ1v) is 11.7. The van der Waals surface area contributed by atoms with Crippen LogP contribution in [0.1, 0.15) is 51.2 Å². The predicted octanol–water partition coefficient (Wildman–Crippen LogP) is 2.55. The monoisotopic (exact) mass is 447 g/mol. The van der Waals surface area contributed by atoms with Crippen LogP contribution in [-0.4, -0.2) is 38.6 Å². The molecule has 3 aromatic rings. The molecule has 6 rings (SSSR count). The van der Waals surface area contributed by atoms with Gasteiger partial charge in [0.25, 0.3) is 5.91 Å². The van der Waals surface area contributed by atoms with Gasteiger partial charge in [-0.2, -0.15) is 0 Å². The number of aryl methyl sites for hydroxylation is 2. The van der Waals surface area contributed by atoms with Crippen LogP contribution in [0.15, 0.2) is 24.5 Å². The molecule has 1 aliphatic carbocycles. The number of hydrogen-bond acceptors (Lipinski definition) is 7. The first-order valence-electron chi connectivity index (χ1n) is 10.8. The number of hydrogen-bond donors (Lipinski definition) is 2. The standard InChI is InChI=1S/C23H21N5O3S/c29-18-7-6-16(21(30)27-18)28-10-13-5-4-12(8-15(13)23(28)31)9-24-20-19-14-2-1-3-17(14)32-22(19)26-11-25-20/h4-5,8,11,16H,1-3,6-7,9-10H2,(H,24,25,26)(H,27,29,30). The Morgan fingerprint density at radius 2 is 2.06 bits per heavy atom. The van der Waals surface area contributed by atoms with Crippen molar-refractivity contribution in [2.24, 2.45) is 0 Å². The summed E-state index contributed by atoms with van der Waals surface area (Å²) in [6.07, 6.45) is 5.59. The van der Waals surface area contributed by atoms with Gasteiger partial charge in [0, 0.05) is 30.0 Å². The van der Waals surface area contributed by atoms with Crippen LogP contribution in [0.4, 0.5) is 5.82 Å². The van der Waals surface area contributed by atoms with Crippen molar-refractivity contribution in [3.8, 4) is 0 Å². The molecule has 1 unspecified atom stereocenters. The minimum Gasteiger partial charge on any atom is -0.365 e. The van der Waals surface area contributed by atoms with E-state index < -0.39 is 6.04 Å². The molecule has 9 heteroatoms. The van der Waals surface area contributed by atoms with Gasteiger partial charge in [0.2, 0.25) is 11.8 Å². The molecule has 4 heterocycles. The Balaban J connectivity index is 1.22. The summed E-state index contributed by atoms with van der Waals surface area (Å²) in [4.78, 5) is 49.7. The Bertz CT molecular complexity index is 1300. The molecular formula is C23H21N5O3S. The number of rotatable bonds is 4. The van der Waals surface area contributed by atoms with Gasteiger partial charge in [-0.25, -0.2) is 9.97 Å². The first kappa shape index (κ1) is 19.4. The molecule has 1 atom stereocenters. The van der Waals surface area contributed by atoms with E-state index in [1.165, 1.54) is 16.9 Å². The number of nitrogens with one attached hydrogen (secondary N) is 2. The highest BCUT2D eigenvalue weighted by Gasteiger charge is 2.39. The van der Waals surface area contributed by atoms with Gasteiger partial charge in [0.15, 0.2) is 0 Å². The summed E-state index contributed by atoms with van der Waals surface area (Å²) < 4.78 is 0. The van der Waals surface area contributed by atoms with Crippen molar-refractivity contribution in [3.05, 3.63) is 51.7 Å². The third-order valence-corrected chi connectivity index (χ3v) is 7.75. The van der Waals surface area contributed by atoms with Gasteiger partial charge in [0.1, 0.15) is 23.0 Å². The lowest BCUT2D eigenvalue weighted by molar-refractivity contribution is -0.136. The topological polar surface area (TPSA) is 104 Å². The number of anilines is 1. The quantitative estimate of drug-likeness (QED) is 0.596. The van der Waals surface area contributed by atoms with Crippen molar-refractivity contribution >= 4 is 45.1 Å². The van der Waals surface area contributed by atoms with Crippen LogP contribution in [0.5, 0.6) is 0 Å². The molecule has 2 aliphatic heterocycles. The van der Waals surface area contributed by atoms with Crippen molar-refractivity contribution in [2.45, 2.75) is 51.2 Å². The smallest absolute Gasteiger partial charge is 0.255 e. The van der Waals surface area contributed by atoms with Gasteiger partial charge < -0.3 is 10.2 Å². The number of fused-ring (bicyclic) bond motifs is 4. The fourth-order valence-electron chi connectivity index (χ4n) is 4.96. The van der Waals surface area contributed by atoms with Crippen LogP contribution >= 0.6 is 11.3 Å². The van der Waals surface area contributed by atoms with Crippen molar-refractivity contribution in [2.75, 3.05) is 5.32 Å². The van der Waals surface area contributed by atoms with Gasteiger partial charge in [0.05, 0.1) is 5.39 Å². The summed E-state index contributed by atoms with van der Waals surface area (Å²) in [6.45, 7) is 0.928. The maximum atomic E-state index is 13.0. The molecule has 1 saturated heterocycles. The van der Waals surface area contributed by atoms with Gasteiger partial charge in [-0.05, 0) is 48.4 Å². The second-order valence-corrected chi connectivity index (χ2v) is 9.59. The second-order valence-electron chi connectivity index (χ2n) is 8.50. The Kier molecular flexibility index (Phi) is 4.46. The highest BCUT2D eigenvalue weighted by molar-refractivity contribution is 7.19. The van der Waals surface area contributed by atoms with Crippen LogP contribution in [-0.2, 0) is 35.5 Å². The van der Waals surface area contributed by atoms with Crippen molar-refractivity contribution < 1.29 is 14.4 Å². The molecule has 1 fully saturated rings. The van der Waals surface area contributed by atoms with E-state index in [0.717, 1.165) is 40.0 Å². The summed E-state index contributed by atoms with van der Waals surface area (Å²) in [5.41, 5.74) is 3.87. The Labute approximate surface area is 188 Å². The predicted molar refractivity (Wildman–Crippen MR) is 119 cm³/mol. The molecule has 0 bridgehead atoms. The number of carbonyl (C=O) groups excluding carboxylic acids is 3. The lowest BCUT2D eigenvalue weighted by atomic mass is 10.0. The van der Waals surface area contributed by atoms with Gasteiger partial charge in [-0.15, -0.1) is 11.3 Å². The van der Waals surface area contributed by atoms with E-state index in [9.17, 15) is 14.4 Å². The van der Waals surface area contributed by atoms with E-state index in [1.54, 1.807) is 22.6 Å². The van der Waals surface area contributed by atoms with Crippen LogP contribution in [0.3, 0.4) is 0 Å². The zero-order valence-electron chi connectivity index (χ0n) is 17.3. The number of piperidine rings is 1. The largest absolute Gasteiger partial charge is 0.365 e. The number of thiophene rings is 1. The molecule has 8 nitrogen and oxygen atoms in total. The Morgan fingerprint density at radius 3 is 2.94 bits per heavy atom. The van der Waals surface area contributed by atoms with E-state index in [4.69, 9.17) is 0 Å².